The highest BCUT2D eigenvalue weighted by atomic mass is 127. The Balaban J connectivity index is 2.40. The van der Waals surface area contributed by atoms with Crippen molar-refractivity contribution in [3.8, 4) is 0 Å². The molecule has 0 aromatic carbocycles. The van der Waals surface area contributed by atoms with Crippen molar-refractivity contribution in [1.29, 1.82) is 0 Å². The molecular weight excluding hydrogens is 303 g/mol. The quantitative estimate of drug-likeness (QED) is 0.637. The highest BCUT2D eigenvalue weighted by Crippen LogP contribution is 2.15. The molecule has 1 aromatic heterocycles. The molecule has 0 bridgehead atoms. The Hall–Kier alpha value is -0.430. The summed E-state index contributed by atoms with van der Waals surface area (Å²) < 4.78 is 1.09. The molecule has 15 heavy (non-hydrogen) atoms. The van der Waals surface area contributed by atoms with Crippen molar-refractivity contribution in [3.63, 3.8) is 0 Å². The van der Waals surface area contributed by atoms with Gasteiger partial charge in [-0.25, -0.2) is 9.97 Å². The van der Waals surface area contributed by atoms with E-state index in [-0.39, 0.29) is 0 Å². The molecule has 0 unspecified atom stereocenters. The minimum Gasteiger partial charge on any atom is -0.357 e. The number of likely N-dealkylation sites (N-methyl/N-ethyl adjacent to an activating group) is 1. The fraction of sp³-hybridized carbons (Fsp3) is 0.600. The first-order valence-electron chi connectivity index (χ1n) is 5.13. The Kier molecular flexibility index (Phi) is 5.85. The van der Waals surface area contributed by atoms with E-state index < -0.39 is 0 Å². The van der Waals surface area contributed by atoms with Crippen LogP contribution >= 0.6 is 22.6 Å². The van der Waals surface area contributed by atoms with Gasteiger partial charge in [-0.15, -0.1) is 0 Å². The Morgan fingerprint density at radius 2 is 2.27 bits per heavy atom. The number of aromatic nitrogens is 2. The molecule has 1 N–H and O–H groups in total. The predicted molar refractivity (Wildman–Crippen MR) is 71.2 cm³/mol. The van der Waals surface area contributed by atoms with E-state index in [4.69, 9.17) is 0 Å². The van der Waals surface area contributed by atoms with Crippen molar-refractivity contribution >= 4 is 28.4 Å². The normalized spacial score (nSPS) is 10.3. The number of hydrogen-bond donors (Lipinski definition) is 1. The van der Waals surface area contributed by atoms with Gasteiger partial charge in [0, 0.05) is 26.3 Å². The zero-order valence-corrected chi connectivity index (χ0v) is 11.4. The smallest absolute Gasteiger partial charge is 0.145 e. The highest BCUT2D eigenvalue weighted by molar-refractivity contribution is 14.1. The standard InChI is InChI=1S/C10H17IN4/c1-3-4-12-5-6-15(2)10-9(11)7-13-8-14-10/h7-8,12H,3-6H2,1-2H3. The third-order valence-corrected chi connectivity index (χ3v) is 2.82. The van der Waals surface area contributed by atoms with Gasteiger partial charge in [-0.3, -0.25) is 0 Å². The van der Waals surface area contributed by atoms with Crippen LogP contribution in [0.25, 0.3) is 0 Å². The monoisotopic (exact) mass is 320 g/mol. The van der Waals surface area contributed by atoms with Gasteiger partial charge in [0.1, 0.15) is 12.1 Å². The van der Waals surface area contributed by atoms with Gasteiger partial charge in [-0.2, -0.15) is 0 Å². The van der Waals surface area contributed by atoms with E-state index >= 15 is 0 Å². The molecule has 0 saturated carbocycles. The second-order valence-electron chi connectivity index (χ2n) is 3.37. The van der Waals surface area contributed by atoms with Crippen LogP contribution < -0.4 is 10.2 Å². The SMILES string of the molecule is CCCNCCN(C)c1ncncc1I. The van der Waals surface area contributed by atoms with Crippen molar-refractivity contribution < 1.29 is 0 Å². The van der Waals surface area contributed by atoms with E-state index in [9.17, 15) is 0 Å². The first kappa shape index (κ1) is 12.6. The number of rotatable bonds is 6. The van der Waals surface area contributed by atoms with Crippen LogP contribution in [0.5, 0.6) is 0 Å². The maximum Gasteiger partial charge on any atom is 0.145 e. The topological polar surface area (TPSA) is 41.0 Å². The third-order valence-electron chi connectivity index (χ3n) is 2.06. The van der Waals surface area contributed by atoms with E-state index in [0.717, 1.165) is 29.0 Å². The number of hydrogen-bond acceptors (Lipinski definition) is 4. The first-order valence-corrected chi connectivity index (χ1v) is 6.21. The van der Waals surface area contributed by atoms with Crippen LogP contribution in [0.15, 0.2) is 12.5 Å². The van der Waals surface area contributed by atoms with Gasteiger partial charge in [0.25, 0.3) is 0 Å². The maximum atomic E-state index is 4.26. The Bertz CT molecular complexity index is 293. The second kappa shape index (κ2) is 6.95. The fourth-order valence-electron chi connectivity index (χ4n) is 1.24. The number of nitrogens with one attached hydrogen (secondary N) is 1. The molecule has 1 aromatic rings. The summed E-state index contributed by atoms with van der Waals surface area (Å²) in [5, 5.41) is 3.37. The molecule has 0 fully saturated rings. The van der Waals surface area contributed by atoms with E-state index in [1.54, 1.807) is 6.33 Å². The molecule has 0 aliphatic rings. The predicted octanol–water partition coefficient (Wildman–Crippen LogP) is 1.52. The average molecular weight is 320 g/mol. The Morgan fingerprint density at radius 1 is 1.47 bits per heavy atom. The van der Waals surface area contributed by atoms with Crippen LogP contribution in [0.4, 0.5) is 5.82 Å². The number of halogens is 1. The van der Waals surface area contributed by atoms with Crippen molar-refractivity contribution in [1.82, 2.24) is 15.3 Å². The molecule has 0 amide bonds. The van der Waals surface area contributed by atoms with Crippen LogP contribution in [0, 0.1) is 3.57 Å². The van der Waals surface area contributed by atoms with Crippen LogP contribution in [-0.4, -0.2) is 36.6 Å². The minimum absolute atomic E-state index is 0.965. The zero-order valence-electron chi connectivity index (χ0n) is 9.20. The Morgan fingerprint density at radius 3 is 2.93 bits per heavy atom. The van der Waals surface area contributed by atoms with Gasteiger partial charge in [0.05, 0.1) is 3.57 Å². The van der Waals surface area contributed by atoms with E-state index in [2.05, 4.69) is 56.7 Å². The summed E-state index contributed by atoms with van der Waals surface area (Å²) in [6.07, 6.45) is 4.60. The highest BCUT2D eigenvalue weighted by Gasteiger charge is 2.05. The molecule has 5 heteroatoms. The number of anilines is 1. The maximum absolute atomic E-state index is 4.26. The summed E-state index contributed by atoms with van der Waals surface area (Å²) in [7, 11) is 2.05. The van der Waals surface area contributed by atoms with Crippen molar-refractivity contribution in [2.75, 3.05) is 31.6 Å². The van der Waals surface area contributed by atoms with Gasteiger partial charge >= 0.3 is 0 Å². The van der Waals surface area contributed by atoms with E-state index in [1.165, 1.54) is 6.42 Å². The molecule has 0 spiro atoms. The third kappa shape index (κ3) is 4.29. The van der Waals surface area contributed by atoms with E-state index in [0.29, 0.717) is 0 Å². The summed E-state index contributed by atoms with van der Waals surface area (Å²) in [5.74, 6) is 1.00. The number of nitrogens with zero attached hydrogens (tertiary/aromatic N) is 3. The molecule has 4 nitrogen and oxygen atoms in total. The molecule has 0 atom stereocenters. The summed E-state index contributed by atoms with van der Waals surface area (Å²) in [6, 6.07) is 0. The van der Waals surface area contributed by atoms with Crippen molar-refractivity contribution in [2.45, 2.75) is 13.3 Å². The van der Waals surface area contributed by atoms with Crippen molar-refractivity contribution in [2.24, 2.45) is 0 Å². The Labute approximate surface area is 105 Å². The van der Waals surface area contributed by atoms with Crippen LogP contribution in [0.3, 0.4) is 0 Å². The van der Waals surface area contributed by atoms with Crippen LogP contribution in [-0.2, 0) is 0 Å². The molecule has 1 rings (SSSR count). The second-order valence-corrected chi connectivity index (χ2v) is 4.53. The van der Waals surface area contributed by atoms with Crippen molar-refractivity contribution in [3.05, 3.63) is 16.1 Å². The summed E-state index contributed by atoms with van der Waals surface area (Å²) in [5.41, 5.74) is 0. The molecule has 0 radical (unpaired) electrons. The molecular formula is C10H17IN4. The average Bonchev–Trinajstić information content (AvgIpc) is 2.25. The summed E-state index contributed by atoms with van der Waals surface area (Å²) in [4.78, 5) is 10.4. The van der Waals surface area contributed by atoms with Gasteiger partial charge in [0.15, 0.2) is 0 Å². The van der Waals surface area contributed by atoms with Crippen LogP contribution in [0.1, 0.15) is 13.3 Å². The van der Waals surface area contributed by atoms with Gasteiger partial charge in [-0.1, -0.05) is 6.92 Å². The lowest BCUT2D eigenvalue weighted by Crippen LogP contribution is -2.30. The lowest BCUT2D eigenvalue weighted by atomic mass is 10.4. The first-order chi connectivity index (χ1) is 7.25. The largest absolute Gasteiger partial charge is 0.357 e. The molecule has 1 heterocycles. The molecule has 84 valence electrons. The minimum atomic E-state index is 0.965. The molecule has 0 aliphatic carbocycles. The molecule has 0 saturated heterocycles. The van der Waals surface area contributed by atoms with Gasteiger partial charge in [0.2, 0.25) is 0 Å². The fourth-order valence-corrected chi connectivity index (χ4v) is 1.95. The van der Waals surface area contributed by atoms with E-state index in [1.807, 2.05) is 6.20 Å². The summed E-state index contributed by atoms with van der Waals surface area (Å²) >= 11 is 2.26. The molecule has 0 aliphatic heterocycles. The lowest BCUT2D eigenvalue weighted by Gasteiger charge is -2.19. The van der Waals surface area contributed by atoms with Gasteiger partial charge in [-0.05, 0) is 35.6 Å². The lowest BCUT2D eigenvalue weighted by molar-refractivity contribution is 0.663. The van der Waals surface area contributed by atoms with Gasteiger partial charge < -0.3 is 10.2 Å². The summed E-state index contributed by atoms with van der Waals surface area (Å²) in [6.45, 7) is 5.20. The zero-order chi connectivity index (χ0) is 11.1. The van der Waals surface area contributed by atoms with Crippen LogP contribution in [0.2, 0.25) is 0 Å².